The zero-order chi connectivity index (χ0) is 27.0. The molecule has 1 amide bonds. The summed E-state index contributed by atoms with van der Waals surface area (Å²) in [7, 11) is 1.53. The van der Waals surface area contributed by atoms with Crippen molar-refractivity contribution in [3.8, 4) is 11.1 Å². The molecule has 3 aromatic rings. The van der Waals surface area contributed by atoms with Gasteiger partial charge in [0, 0.05) is 66.5 Å². The van der Waals surface area contributed by atoms with Crippen LogP contribution in [0.4, 0.5) is 14.6 Å². The first-order valence-electron chi connectivity index (χ1n) is 12.3. The number of thioether (sulfide) groups is 1. The van der Waals surface area contributed by atoms with Gasteiger partial charge in [-0.2, -0.15) is 4.98 Å². The predicted molar refractivity (Wildman–Crippen MR) is 143 cm³/mol. The van der Waals surface area contributed by atoms with Crippen LogP contribution in [0.3, 0.4) is 0 Å². The largest absolute Gasteiger partial charge is 0.359 e. The summed E-state index contributed by atoms with van der Waals surface area (Å²) in [5.41, 5.74) is 1.84. The van der Waals surface area contributed by atoms with Gasteiger partial charge in [0.2, 0.25) is 5.91 Å². The Morgan fingerprint density at radius 1 is 1.24 bits per heavy atom. The van der Waals surface area contributed by atoms with E-state index in [1.807, 2.05) is 17.9 Å². The molecule has 1 saturated heterocycles. The van der Waals surface area contributed by atoms with Crippen LogP contribution >= 0.6 is 11.8 Å². The fourth-order valence-electron chi connectivity index (χ4n) is 5.07. The molecule has 0 unspecified atom stereocenters. The maximum absolute atomic E-state index is 15.1. The molecule has 38 heavy (non-hydrogen) atoms. The average Bonchev–Trinajstić information content (AvgIpc) is 3.10. The maximum Gasteiger partial charge on any atom is 0.350 e. The van der Waals surface area contributed by atoms with E-state index >= 15 is 4.39 Å². The first kappa shape index (κ1) is 26.3. The van der Waals surface area contributed by atoms with Gasteiger partial charge in [-0.1, -0.05) is 6.58 Å². The molecule has 0 N–H and O–H groups in total. The number of rotatable bonds is 6. The van der Waals surface area contributed by atoms with Gasteiger partial charge in [-0.3, -0.25) is 9.36 Å². The summed E-state index contributed by atoms with van der Waals surface area (Å²) < 4.78 is 41.3. The third kappa shape index (κ3) is 4.81. The minimum atomic E-state index is -0.674. The molecular weight excluding hydrogens is 514 g/mol. The van der Waals surface area contributed by atoms with Crippen LogP contribution in [0.15, 0.2) is 46.6 Å². The van der Waals surface area contributed by atoms with E-state index in [9.17, 15) is 14.0 Å². The SMILES string of the molecule is C=CC(=O)N1CCN(c2nc(=O)n3c4c(c(-c5ccc(F)cc5F)c(C)cc24)SC[C@H](OCOC)C3)CC1. The molecule has 0 saturated carbocycles. The van der Waals surface area contributed by atoms with Crippen molar-refractivity contribution < 1.29 is 23.0 Å². The van der Waals surface area contributed by atoms with Crippen molar-refractivity contribution in [3.05, 3.63) is 64.6 Å². The number of halogens is 2. The van der Waals surface area contributed by atoms with Crippen molar-refractivity contribution in [1.82, 2.24) is 14.5 Å². The zero-order valence-electron chi connectivity index (χ0n) is 21.2. The zero-order valence-corrected chi connectivity index (χ0v) is 22.0. The van der Waals surface area contributed by atoms with Gasteiger partial charge in [-0.25, -0.2) is 13.6 Å². The van der Waals surface area contributed by atoms with Crippen LogP contribution in [0.2, 0.25) is 0 Å². The third-order valence-electron chi connectivity index (χ3n) is 6.88. The quantitative estimate of drug-likeness (QED) is 0.348. The van der Waals surface area contributed by atoms with E-state index in [-0.39, 0.29) is 30.9 Å². The van der Waals surface area contributed by atoms with Crippen LogP contribution in [0.1, 0.15) is 5.56 Å². The van der Waals surface area contributed by atoms with E-state index < -0.39 is 17.3 Å². The molecule has 5 rings (SSSR count). The van der Waals surface area contributed by atoms with Crippen LogP contribution in [0, 0.1) is 18.6 Å². The minimum Gasteiger partial charge on any atom is -0.359 e. The highest BCUT2D eigenvalue weighted by Gasteiger charge is 2.30. The summed E-state index contributed by atoms with van der Waals surface area (Å²) in [6.45, 7) is 7.70. The number of anilines is 1. The van der Waals surface area contributed by atoms with Crippen LogP contribution < -0.4 is 10.6 Å². The number of benzene rings is 2. The molecule has 0 aliphatic carbocycles. The van der Waals surface area contributed by atoms with E-state index in [0.29, 0.717) is 48.8 Å². The van der Waals surface area contributed by atoms with Crippen molar-refractivity contribution in [3.63, 3.8) is 0 Å². The lowest BCUT2D eigenvalue weighted by atomic mass is 9.97. The van der Waals surface area contributed by atoms with Crippen molar-refractivity contribution in [2.75, 3.05) is 50.7 Å². The predicted octanol–water partition coefficient (Wildman–Crippen LogP) is 3.58. The highest BCUT2D eigenvalue weighted by Crippen LogP contribution is 2.44. The number of carbonyl (C=O) groups is 1. The second kappa shape index (κ2) is 10.8. The van der Waals surface area contributed by atoms with Gasteiger partial charge in [0.05, 0.1) is 18.2 Å². The Kier molecular flexibility index (Phi) is 7.51. The topological polar surface area (TPSA) is 76.9 Å². The number of hydrogen-bond donors (Lipinski definition) is 0. The Morgan fingerprint density at radius 2 is 2.00 bits per heavy atom. The highest BCUT2D eigenvalue weighted by atomic mass is 32.2. The van der Waals surface area contributed by atoms with Gasteiger partial charge < -0.3 is 19.3 Å². The molecular formula is C27H28F2N4O4S. The van der Waals surface area contributed by atoms with Crippen molar-refractivity contribution >= 4 is 34.4 Å². The van der Waals surface area contributed by atoms with Gasteiger partial charge in [-0.05, 0) is 36.8 Å². The Morgan fingerprint density at radius 3 is 2.68 bits per heavy atom. The van der Waals surface area contributed by atoms with E-state index in [1.165, 1.54) is 37.1 Å². The molecule has 1 aromatic heterocycles. The van der Waals surface area contributed by atoms with E-state index in [4.69, 9.17) is 9.47 Å². The fourth-order valence-corrected chi connectivity index (χ4v) is 6.39. The number of aromatic nitrogens is 2. The number of hydrogen-bond acceptors (Lipinski definition) is 7. The number of piperazine rings is 1. The molecule has 2 aliphatic heterocycles. The molecule has 1 fully saturated rings. The Balaban J connectivity index is 1.69. The van der Waals surface area contributed by atoms with Crippen LogP contribution in [-0.2, 0) is 20.8 Å². The van der Waals surface area contributed by atoms with Crippen LogP contribution in [0.5, 0.6) is 0 Å². The number of aryl methyl sites for hydroxylation is 1. The molecule has 0 bridgehead atoms. The number of nitrogens with zero attached hydrogens (tertiary/aromatic N) is 4. The Bertz CT molecular complexity index is 1470. The van der Waals surface area contributed by atoms with E-state index in [1.54, 1.807) is 9.47 Å². The minimum absolute atomic E-state index is 0.0666. The Labute approximate surface area is 222 Å². The van der Waals surface area contributed by atoms with Gasteiger partial charge in [0.25, 0.3) is 0 Å². The first-order valence-corrected chi connectivity index (χ1v) is 13.2. The second-order valence-corrected chi connectivity index (χ2v) is 10.3. The van der Waals surface area contributed by atoms with Gasteiger partial charge in [0.15, 0.2) is 0 Å². The summed E-state index contributed by atoms with van der Waals surface area (Å²) in [6, 6.07) is 5.44. The first-order chi connectivity index (χ1) is 18.3. The lowest BCUT2D eigenvalue weighted by Gasteiger charge is -2.35. The monoisotopic (exact) mass is 542 g/mol. The van der Waals surface area contributed by atoms with Gasteiger partial charge >= 0.3 is 5.69 Å². The number of amides is 1. The molecule has 2 aromatic carbocycles. The molecule has 0 spiro atoms. The van der Waals surface area contributed by atoms with E-state index in [2.05, 4.69) is 11.6 Å². The molecule has 11 heteroatoms. The smallest absolute Gasteiger partial charge is 0.350 e. The molecule has 3 heterocycles. The summed E-state index contributed by atoms with van der Waals surface area (Å²) >= 11 is 1.47. The maximum atomic E-state index is 15.1. The fraction of sp³-hybridized carbons (Fsp3) is 0.370. The van der Waals surface area contributed by atoms with Crippen LogP contribution in [-0.4, -0.2) is 72.3 Å². The molecule has 8 nitrogen and oxygen atoms in total. The third-order valence-corrected chi connectivity index (χ3v) is 8.11. The number of methoxy groups -OCH3 is 1. The Hall–Kier alpha value is -3.28. The normalized spacial score (nSPS) is 17.5. The van der Waals surface area contributed by atoms with E-state index in [0.717, 1.165) is 21.9 Å². The summed E-state index contributed by atoms with van der Waals surface area (Å²) in [6.07, 6.45) is 0.950. The summed E-state index contributed by atoms with van der Waals surface area (Å²) in [5, 5.41) is 0.756. The molecule has 1 atom stereocenters. The summed E-state index contributed by atoms with van der Waals surface area (Å²) in [5.74, 6) is -0.442. The second-order valence-electron chi connectivity index (χ2n) is 9.27. The van der Waals surface area contributed by atoms with Gasteiger partial charge in [-0.15, -0.1) is 11.8 Å². The molecule has 2 aliphatic rings. The lowest BCUT2D eigenvalue weighted by Crippen LogP contribution is -2.49. The van der Waals surface area contributed by atoms with Crippen LogP contribution in [0.25, 0.3) is 22.0 Å². The molecule has 0 radical (unpaired) electrons. The lowest BCUT2D eigenvalue weighted by molar-refractivity contribution is -0.126. The van der Waals surface area contributed by atoms with Crippen molar-refractivity contribution in [1.29, 1.82) is 0 Å². The van der Waals surface area contributed by atoms with Crippen molar-refractivity contribution in [2.45, 2.75) is 24.5 Å². The number of ether oxygens (including phenoxy) is 2. The highest BCUT2D eigenvalue weighted by molar-refractivity contribution is 7.99. The molecule has 200 valence electrons. The van der Waals surface area contributed by atoms with Gasteiger partial charge in [0.1, 0.15) is 24.2 Å². The van der Waals surface area contributed by atoms with Crippen molar-refractivity contribution in [2.24, 2.45) is 0 Å². The average molecular weight is 543 g/mol. The number of carbonyl (C=O) groups excluding carboxylic acids is 1. The summed E-state index contributed by atoms with van der Waals surface area (Å²) in [4.78, 5) is 34.5. The standard InChI is InChI=1S/C27H28F2N4O4S/c1-4-22(34)31-7-9-32(10-8-31)26-20-11-16(2)23(19-6-5-17(28)12-21(19)29)25-24(20)33(27(35)30-26)13-18(14-38-25)37-15-36-3/h4-6,11-12,18H,1,7-10,13-15H2,2-3H3/t18-/m1/s1.